The summed E-state index contributed by atoms with van der Waals surface area (Å²) < 4.78 is 1.68. The number of hydrogen-bond donors (Lipinski definition) is 2. The van der Waals surface area contributed by atoms with Crippen LogP contribution in [0.25, 0.3) is 0 Å². The summed E-state index contributed by atoms with van der Waals surface area (Å²) in [5, 5.41) is 10.2. The van der Waals surface area contributed by atoms with Gasteiger partial charge in [-0.2, -0.15) is 5.10 Å². The average Bonchev–Trinajstić information content (AvgIpc) is 2.88. The van der Waals surface area contributed by atoms with Crippen LogP contribution in [0, 0.1) is 6.92 Å². The van der Waals surface area contributed by atoms with Crippen LogP contribution in [0.15, 0.2) is 24.4 Å². The zero-order chi connectivity index (χ0) is 15.5. The number of aryl methyl sites for hydroxylation is 2. The third-order valence-corrected chi connectivity index (χ3v) is 3.82. The number of piperazine rings is 1. The minimum absolute atomic E-state index is 0.244. The molecule has 2 aromatic heterocycles. The van der Waals surface area contributed by atoms with E-state index in [9.17, 15) is 4.79 Å². The quantitative estimate of drug-likeness (QED) is 0.876. The molecule has 0 unspecified atom stereocenters. The first-order valence-corrected chi connectivity index (χ1v) is 7.37. The summed E-state index contributed by atoms with van der Waals surface area (Å²) >= 11 is 0. The number of pyridine rings is 1. The van der Waals surface area contributed by atoms with Gasteiger partial charge in [0.1, 0.15) is 5.82 Å². The molecule has 1 amide bonds. The molecule has 1 fully saturated rings. The lowest BCUT2D eigenvalue weighted by Gasteiger charge is -2.29. The number of carbonyl (C=O) groups excluding carboxylic acids is 1. The third-order valence-electron chi connectivity index (χ3n) is 3.82. The monoisotopic (exact) mass is 300 g/mol. The van der Waals surface area contributed by atoms with Gasteiger partial charge in [0, 0.05) is 38.9 Å². The zero-order valence-electron chi connectivity index (χ0n) is 12.8. The Labute approximate surface area is 129 Å². The summed E-state index contributed by atoms with van der Waals surface area (Å²) in [5.41, 5.74) is 2.41. The standard InChI is InChI=1S/C15H20N6O/c1-11-9-13(19-20(11)2)15(22)18-14-4-3-12(10-17-14)21-7-5-16-6-8-21/h3-4,9-10,16H,5-8H2,1-2H3,(H,17,18,22). The highest BCUT2D eigenvalue weighted by atomic mass is 16.2. The Hall–Kier alpha value is -2.41. The molecule has 7 nitrogen and oxygen atoms in total. The lowest BCUT2D eigenvalue weighted by Crippen LogP contribution is -2.43. The van der Waals surface area contributed by atoms with E-state index in [-0.39, 0.29) is 5.91 Å². The van der Waals surface area contributed by atoms with Crippen LogP contribution in [0.1, 0.15) is 16.2 Å². The second kappa shape index (κ2) is 6.15. The summed E-state index contributed by atoms with van der Waals surface area (Å²) in [5.74, 6) is 0.290. The molecule has 116 valence electrons. The number of aromatic nitrogens is 3. The normalized spacial score (nSPS) is 14.9. The molecule has 0 aromatic carbocycles. The molecule has 2 aromatic rings. The molecule has 22 heavy (non-hydrogen) atoms. The molecule has 0 radical (unpaired) electrons. The van der Waals surface area contributed by atoms with Crippen LogP contribution in [-0.2, 0) is 7.05 Å². The molecule has 0 aliphatic carbocycles. The van der Waals surface area contributed by atoms with E-state index < -0.39 is 0 Å². The first-order chi connectivity index (χ1) is 10.6. The molecule has 0 spiro atoms. The summed E-state index contributed by atoms with van der Waals surface area (Å²) in [4.78, 5) is 18.7. The van der Waals surface area contributed by atoms with Crippen molar-refractivity contribution in [3.8, 4) is 0 Å². The smallest absolute Gasteiger partial charge is 0.277 e. The van der Waals surface area contributed by atoms with Gasteiger partial charge in [0.15, 0.2) is 5.69 Å². The van der Waals surface area contributed by atoms with Gasteiger partial charge in [0.2, 0.25) is 0 Å². The van der Waals surface area contributed by atoms with E-state index in [0.29, 0.717) is 11.5 Å². The number of anilines is 2. The summed E-state index contributed by atoms with van der Waals surface area (Å²) in [6, 6.07) is 5.56. The molecule has 0 bridgehead atoms. The minimum Gasteiger partial charge on any atom is -0.368 e. The fourth-order valence-corrected chi connectivity index (χ4v) is 2.42. The van der Waals surface area contributed by atoms with Gasteiger partial charge in [0.25, 0.3) is 5.91 Å². The molecular weight excluding hydrogens is 280 g/mol. The maximum atomic E-state index is 12.1. The summed E-state index contributed by atoms with van der Waals surface area (Å²) in [7, 11) is 1.81. The van der Waals surface area contributed by atoms with Crippen molar-refractivity contribution in [3.05, 3.63) is 35.8 Å². The predicted octanol–water partition coefficient (Wildman–Crippen LogP) is 0.785. The average molecular weight is 300 g/mol. The van der Waals surface area contributed by atoms with Gasteiger partial charge in [-0.1, -0.05) is 0 Å². The largest absolute Gasteiger partial charge is 0.368 e. The molecule has 3 heterocycles. The first-order valence-electron chi connectivity index (χ1n) is 7.37. The van der Waals surface area contributed by atoms with Crippen LogP contribution >= 0.6 is 0 Å². The predicted molar refractivity (Wildman–Crippen MR) is 85.2 cm³/mol. The molecule has 1 aliphatic rings. The Morgan fingerprint density at radius 3 is 2.68 bits per heavy atom. The van der Waals surface area contributed by atoms with E-state index >= 15 is 0 Å². The zero-order valence-corrected chi connectivity index (χ0v) is 12.8. The molecule has 7 heteroatoms. The van der Waals surface area contributed by atoms with Crippen molar-refractivity contribution in [2.75, 3.05) is 36.4 Å². The van der Waals surface area contributed by atoms with Gasteiger partial charge in [-0.05, 0) is 25.1 Å². The van der Waals surface area contributed by atoms with Crippen molar-refractivity contribution >= 4 is 17.4 Å². The molecule has 3 rings (SSSR count). The Bertz CT molecular complexity index is 638. The summed E-state index contributed by atoms with van der Waals surface area (Å²) in [6.07, 6.45) is 1.80. The highest BCUT2D eigenvalue weighted by Gasteiger charge is 2.13. The molecule has 1 aliphatic heterocycles. The molecular formula is C15H20N6O. The van der Waals surface area contributed by atoms with E-state index in [0.717, 1.165) is 37.6 Å². The Morgan fingerprint density at radius 1 is 1.32 bits per heavy atom. The molecule has 0 atom stereocenters. The highest BCUT2D eigenvalue weighted by molar-refractivity contribution is 6.02. The van der Waals surface area contributed by atoms with Crippen molar-refractivity contribution in [1.29, 1.82) is 0 Å². The van der Waals surface area contributed by atoms with Crippen LogP contribution in [0.5, 0.6) is 0 Å². The SMILES string of the molecule is Cc1cc(C(=O)Nc2ccc(N3CCNCC3)cn2)nn1C. The van der Waals surface area contributed by atoms with E-state index in [2.05, 4.69) is 25.6 Å². The first kappa shape index (κ1) is 14.5. The van der Waals surface area contributed by atoms with Crippen molar-refractivity contribution in [2.45, 2.75) is 6.92 Å². The van der Waals surface area contributed by atoms with Crippen LogP contribution < -0.4 is 15.5 Å². The second-order valence-corrected chi connectivity index (χ2v) is 5.39. The van der Waals surface area contributed by atoms with Gasteiger partial charge in [0.05, 0.1) is 11.9 Å². The third kappa shape index (κ3) is 3.09. The van der Waals surface area contributed by atoms with Gasteiger partial charge in [-0.25, -0.2) is 4.98 Å². The minimum atomic E-state index is -0.244. The van der Waals surface area contributed by atoms with Crippen molar-refractivity contribution < 1.29 is 4.79 Å². The maximum absolute atomic E-state index is 12.1. The lowest BCUT2D eigenvalue weighted by molar-refractivity contribution is 0.102. The number of nitrogens with zero attached hydrogens (tertiary/aromatic N) is 4. The summed E-state index contributed by atoms with van der Waals surface area (Å²) in [6.45, 7) is 5.82. The van der Waals surface area contributed by atoms with Crippen LogP contribution in [0.2, 0.25) is 0 Å². The van der Waals surface area contributed by atoms with Crippen LogP contribution in [0.4, 0.5) is 11.5 Å². The Balaban J connectivity index is 1.66. The van der Waals surface area contributed by atoms with Crippen molar-refractivity contribution in [2.24, 2.45) is 7.05 Å². The molecule has 1 saturated heterocycles. The van der Waals surface area contributed by atoms with E-state index in [4.69, 9.17) is 0 Å². The Morgan fingerprint density at radius 2 is 2.09 bits per heavy atom. The van der Waals surface area contributed by atoms with E-state index in [1.54, 1.807) is 16.9 Å². The van der Waals surface area contributed by atoms with Gasteiger partial charge >= 0.3 is 0 Å². The molecule has 0 saturated carbocycles. The highest BCUT2D eigenvalue weighted by Crippen LogP contribution is 2.16. The molecule has 2 N–H and O–H groups in total. The number of rotatable bonds is 3. The van der Waals surface area contributed by atoms with Gasteiger partial charge in [-0.3, -0.25) is 9.48 Å². The van der Waals surface area contributed by atoms with Gasteiger partial charge in [-0.15, -0.1) is 0 Å². The fourth-order valence-electron chi connectivity index (χ4n) is 2.42. The fraction of sp³-hybridized carbons (Fsp3) is 0.400. The van der Waals surface area contributed by atoms with Crippen molar-refractivity contribution in [3.63, 3.8) is 0 Å². The number of hydrogen-bond acceptors (Lipinski definition) is 5. The maximum Gasteiger partial charge on any atom is 0.277 e. The number of amides is 1. The van der Waals surface area contributed by atoms with Crippen LogP contribution in [0.3, 0.4) is 0 Å². The second-order valence-electron chi connectivity index (χ2n) is 5.39. The van der Waals surface area contributed by atoms with Crippen LogP contribution in [-0.4, -0.2) is 46.9 Å². The number of carbonyl (C=O) groups is 1. The van der Waals surface area contributed by atoms with Gasteiger partial charge < -0.3 is 15.5 Å². The van der Waals surface area contributed by atoms with E-state index in [1.165, 1.54) is 0 Å². The lowest BCUT2D eigenvalue weighted by atomic mass is 10.3. The Kier molecular flexibility index (Phi) is 4.06. The van der Waals surface area contributed by atoms with E-state index in [1.807, 2.05) is 26.1 Å². The topological polar surface area (TPSA) is 75.1 Å². The number of nitrogens with one attached hydrogen (secondary N) is 2. The van der Waals surface area contributed by atoms with Crippen molar-refractivity contribution in [1.82, 2.24) is 20.1 Å².